The lowest BCUT2D eigenvalue weighted by Crippen LogP contribution is -1.94. The molecule has 0 aromatic heterocycles. The van der Waals surface area contributed by atoms with Gasteiger partial charge in [-0.15, -0.1) is 0 Å². The summed E-state index contributed by atoms with van der Waals surface area (Å²) in [5.41, 5.74) is 4.54. The van der Waals surface area contributed by atoms with Crippen LogP contribution < -0.4 is 0 Å². The van der Waals surface area contributed by atoms with Crippen molar-refractivity contribution in [2.45, 2.75) is 6.92 Å². The molecule has 0 aliphatic heterocycles. The van der Waals surface area contributed by atoms with E-state index in [1.165, 1.54) is 0 Å². The molecule has 0 spiro atoms. The third kappa shape index (κ3) is 2.61. The molecule has 3 aromatic rings. The highest BCUT2D eigenvalue weighted by atomic mass is 16.6. The molecule has 3 heteroatoms. The Morgan fingerprint density at radius 2 is 1.45 bits per heavy atom. The van der Waals surface area contributed by atoms with Crippen LogP contribution in [0.15, 0.2) is 72.8 Å². The minimum atomic E-state index is -0.311. The van der Waals surface area contributed by atoms with Gasteiger partial charge in [0.2, 0.25) is 0 Å². The van der Waals surface area contributed by atoms with E-state index in [2.05, 4.69) is 0 Å². The Labute approximate surface area is 129 Å². The predicted octanol–water partition coefficient (Wildman–Crippen LogP) is 5.24. The molecule has 3 aromatic carbocycles. The highest BCUT2D eigenvalue weighted by molar-refractivity contribution is 5.80. The molecule has 0 heterocycles. The van der Waals surface area contributed by atoms with E-state index >= 15 is 0 Å². The first kappa shape index (κ1) is 14.0. The van der Waals surface area contributed by atoms with Crippen molar-refractivity contribution in [1.82, 2.24) is 0 Å². The third-order valence-electron chi connectivity index (χ3n) is 3.74. The summed E-state index contributed by atoms with van der Waals surface area (Å²) in [5, 5.41) is 11.5. The Kier molecular flexibility index (Phi) is 3.71. The summed E-state index contributed by atoms with van der Waals surface area (Å²) in [7, 11) is 0. The van der Waals surface area contributed by atoms with Gasteiger partial charge in [-0.25, -0.2) is 0 Å². The number of aryl methyl sites for hydroxylation is 1. The predicted molar refractivity (Wildman–Crippen MR) is 88.7 cm³/mol. The molecule has 0 saturated heterocycles. The number of nitro benzene ring substituents is 1. The van der Waals surface area contributed by atoms with E-state index < -0.39 is 0 Å². The van der Waals surface area contributed by atoms with Crippen LogP contribution in [-0.4, -0.2) is 4.92 Å². The van der Waals surface area contributed by atoms with Crippen molar-refractivity contribution < 1.29 is 4.92 Å². The van der Waals surface area contributed by atoms with Gasteiger partial charge < -0.3 is 0 Å². The molecule has 0 atom stereocenters. The Hall–Kier alpha value is -2.94. The van der Waals surface area contributed by atoms with Gasteiger partial charge in [0.25, 0.3) is 5.69 Å². The number of benzene rings is 3. The van der Waals surface area contributed by atoms with Crippen LogP contribution >= 0.6 is 0 Å². The highest BCUT2D eigenvalue weighted by Gasteiger charge is 2.17. The molecule has 0 radical (unpaired) electrons. The van der Waals surface area contributed by atoms with E-state index in [1.807, 2.05) is 73.7 Å². The zero-order chi connectivity index (χ0) is 15.5. The molecule has 0 saturated carbocycles. The molecule has 0 N–H and O–H groups in total. The Morgan fingerprint density at radius 3 is 2.14 bits per heavy atom. The lowest BCUT2D eigenvalue weighted by Gasteiger charge is -2.09. The van der Waals surface area contributed by atoms with Gasteiger partial charge >= 0.3 is 0 Å². The van der Waals surface area contributed by atoms with Gasteiger partial charge in [0.05, 0.1) is 10.5 Å². The first-order valence-electron chi connectivity index (χ1n) is 7.06. The molecular formula is C19H15NO2. The maximum absolute atomic E-state index is 11.5. The van der Waals surface area contributed by atoms with Crippen LogP contribution in [0.3, 0.4) is 0 Å². The normalized spacial score (nSPS) is 10.4. The maximum Gasteiger partial charge on any atom is 0.277 e. The lowest BCUT2D eigenvalue weighted by atomic mass is 9.96. The molecule has 0 amide bonds. The Bertz CT molecular complexity index is 826. The number of nitro groups is 1. The molecule has 0 bridgehead atoms. The summed E-state index contributed by atoms with van der Waals surface area (Å²) < 4.78 is 0. The molecule has 3 nitrogen and oxygen atoms in total. The van der Waals surface area contributed by atoms with Crippen LogP contribution in [-0.2, 0) is 0 Å². The van der Waals surface area contributed by atoms with Gasteiger partial charge in [0.15, 0.2) is 0 Å². The van der Waals surface area contributed by atoms with Gasteiger partial charge in [0.1, 0.15) is 0 Å². The van der Waals surface area contributed by atoms with Crippen LogP contribution in [0, 0.1) is 17.0 Å². The second kappa shape index (κ2) is 5.82. The van der Waals surface area contributed by atoms with E-state index in [4.69, 9.17) is 0 Å². The van der Waals surface area contributed by atoms with Gasteiger partial charge in [0, 0.05) is 6.07 Å². The van der Waals surface area contributed by atoms with Crippen LogP contribution in [0.2, 0.25) is 0 Å². The lowest BCUT2D eigenvalue weighted by molar-refractivity contribution is -0.384. The largest absolute Gasteiger partial charge is 0.277 e. The van der Waals surface area contributed by atoms with Crippen molar-refractivity contribution in [1.29, 1.82) is 0 Å². The van der Waals surface area contributed by atoms with E-state index in [9.17, 15) is 10.1 Å². The fraction of sp³-hybridized carbons (Fsp3) is 0.0526. The molecule has 0 unspecified atom stereocenters. The SMILES string of the molecule is Cc1ccccc1-c1ccc(-c2ccccc2)cc1[N+](=O)[O-]. The summed E-state index contributed by atoms with van der Waals surface area (Å²) in [6.45, 7) is 1.96. The van der Waals surface area contributed by atoms with Crippen LogP contribution in [0.5, 0.6) is 0 Å². The van der Waals surface area contributed by atoms with Crippen LogP contribution in [0.25, 0.3) is 22.3 Å². The first-order valence-corrected chi connectivity index (χ1v) is 7.06. The summed E-state index contributed by atoms with van der Waals surface area (Å²) in [5.74, 6) is 0. The fourth-order valence-corrected chi connectivity index (χ4v) is 2.60. The van der Waals surface area contributed by atoms with Gasteiger partial charge in [-0.2, -0.15) is 0 Å². The topological polar surface area (TPSA) is 43.1 Å². The molecule has 0 fully saturated rings. The van der Waals surface area contributed by atoms with Gasteiger partial charge in [-0.05, 0) is 35.2 Å². The average molecular weight is 289 g/mol. The Morgan fingerprint density at radius 1 is 0.773 bits per heavy atom. The zero-order valence-corrected chi connectivity index (χ0v) is 12.2. The molecule has 108 valence electrons. The van der Waals surface area contributed by atoms with Crippen molar-refractivity contribution in [2.24, 2.45) is 0 Å². The van der Waals surface area contributed by atoms with Crippen molar-refractivity contribution in [3.63, 3.8) is 0 Å². The molecule has 3 rings (SSSR count). The molecular weight excluding hydrogens is 274 g/mol. The van der Waals surface area contributed by atoms with Crippen LogP contribution in [0.1, 0.15) is 5.56 Å². The van der Waals surface area contributed by atoms with E-state index in [0.717, 1.165) is 22.3 Å². The van der Waals surface area contributed by atoms with Crippen molar-refractivity contribution in [3.05, 3.63) is 88.5 Å². The Balaban J connectivity index is 2.17. The number of rotatable bonds is 3. The summed E-state index contributed by atoms with van der Waals surface area (Å²) in [6.07, 6.45) is 0. The molecule has 22 heavy (non-hydrogen) atoms. The minimum absolute atomic E-state index is 0.135. The second-order valence-corrected chi connectivity index (χ2v) is 5.17. The zero-order valence-electron chi connectivity index (χ0n) is 12.2. The van der Waals surface area contributed by atoms with E-state index in [1.54, 1.807) is 6.07 Å². The number of hydrogen-bond donors (Lipinski definition) is 0. The standard InChI is InChI=1S/C19H15NO2/c1-14-7-5-6-10-17(14)18-12-11-16(13-19(18)20(21)22)15-8-3-2-4-9-15/h2-13H,1H3. The van der Waals surface area contributed by atoms with Crippen molar-refractivity contribution in [2.75, 3.05) is 0 Å². The maximum atomic E-state index is 11.5. The fourth-order valence-electron chi connectivity index (χ4n) is 2.60. The van der Waals surface area contributed by atoms with Gasteiger partial charge in [-0.3, -0.25) is 10.1 Å². The summed E-state index contributed by atoms with van der Waals surface area (Å²) >= 11 is 0. The van der Waals surface area contributed by atoms with E-state index in [0.29, 0.717) is 5.56 Å². The van der Waals surface area contributed by atoms with E-state index in [-0.39, 0.29) is 10.6 Å². The molecule has 0 aliphatic carbocycles. The summed E-state index contributed by atoms with van der Waals surface area (Å²) in [6, 6.07) is 22.8. The number of hydrogen-bond acceptors (Lipinski definition) is 2. The quantitative estimate of drug-likeness (QED) is 0.489. The second-order valence-electron chi connectivity index (χ2n) is 5.17. The molecule has 0 aliphatic rings. The third-order valence-corrected chi connectivity index (χ3v) is 3.74. The smallest absolute Gasteiger partial charge is 0.258 e. The van der Waals surface area contributed by atoms with Crippen LogP contribution in [0.4, 0.5) is 5.69 Å². The monoisotopic (exact) mass is 289 g/mol. The minimum Gasteiger partial charge on any atom is -0.258 e. The van der Waals surface area contributed by atoms with Crippen molar-refractivity contribution >= 4 is 5.69 Å². The highest BCUT2D eigenvalue weighted by Crippen LogP contribution is 2.35. The average Bonchev–Trinajstić information content (AvgIpc) is 2.55. The summed E-state index contributed by atoms with van der Waals surface area (Å²) in [4.78, 5) is 11.2. The number of nitrogens with zero attached hydrogens (tertiary/aromatic N) is 1. The first-order chi connectivity index (χ1) is 10.7. The van der Waals surface area contributed by atoms with Crippen molar-refractivity contribution in [3.8, 4) is 22.3 Å². The van der Waals surface area contributed by atoms with Gasteiger partial charge in [-0.1, -0.05) is 60.7 Å².